The van der Waals surface area contributed by atoms with Crippen molar-refractivity contribution in [1.82, 2.24) is 4.90 Å². The van der Waals surface area contributed by atoms with Crippen LogP contribution in [-0.2, 0) is 16.0 Å². The largest absolute Gasteiger partial charge is 0.461 e. The van der Waals surface area contributed by atoms with E-state index in [9.17, 15) is 4.79 Å². The van der Waals surface area contributed by atoms with E-state index in [0.29, 0.717) is 45.5 Å². The van der Waals surface area contributed by atoms with Crippen LogP contribution in [-0.4, -0.2) is 40.6 Å². The van der Waals surface area contributed by atoms with E-state index in [-0.39, 0.29) is 11.2 Å². The highest BCUT2D eigenvalue weighted by Crippen LogP contribution is 2.34. The normalized spacial score (nSPS) is 17.6. The number of thiocarbonyl (C=S) groups is 1. The maximum atomic E-state index is 12.5. The van der Waals surface area contributed by atoms with Gasteiger partial charge in [0.1, 0.15) is 15.8 Å². The minimum atomic E-state index is -0.279. The van der Waals surface area contributed by atoms with Gasteiger partial charge in [-0.25, -0.2) is 0 Å². The average molecular weight is 416 g/mol. The smallest absolute Gasteiger partial charge is 0.242 e. The van der Waals surface area contributed by atoms with E-state index in [1.807, 2.05) is 12.1 Å². The molecule has 1 amide bonds. The quantitative estimate of drug-likeness (QED) is 0.641. The van der Waals surface area contributed by atoms with E-state index in [2.05, 4.69) is 0 Å². The highest BCUT2D eigenvalue weighted by Gasteiger charge is 2.37. The third-order valence-electron chi connectivity index (χ3n) is 3.77. The summed E-state index contributed by atoms with van der Waals surface area (Å²) in [5.41, 5.74) is 0.725. The maximum Gasteiger partial charge on any atom is 0.242 e. The summed E-state index contributed by atoms with van der Waals surface area (Å²) in [6.07, 6.45) is 0.464. The van der Waals surface area contributed by atoms with Gasteiger partial charge in [-0.15, -0.1) is 0 Å². The van der Waals surface area contributed by atoms with Crippen molar-refractivity contribution in [3.05, 3.63) is 46.1 Å². The lowest BCUT2D eigenvalue weighted by Gasteiger charge is -2.14. The van der Waals surface area contributed by atoms with Gasteiger partial charge in [0.15, 0.2) is 0 Å². The Bertz CT molecular complexity index is 809. The topological polar surface area (TPSA) is 42.7 Å². The van der Waals surface area contributed by atoms with E-state index in [1.165, 1.54) is 11.8 Å². The molecule has 0 N–H and O–H groups in total. The summed E-state index contributed by atoms with van der Waals surface area (Å²) >= 11 is 18.9. The van der Waals surface area contributed by atoms with Gasteiger partial charge >= 0.3 is 0 Å². The number of rotatable bonds is 6. The number of halogens is 2. The highest BCUT2D eigenvalue weighted by atomic mass is 35.5. The molecule has 0 bridgehead atoms. The van der Waals surface area contributed by atoms with Gasteiger partial charge in [-0.05, 0) is 30.3 Å². The molecule has 2 heterocycles. The van der Waals surface area contributed by atoms with Crippen molar-refractivity contribution < 1.29 is 13.9 Å². The lowest BCUT2D eigenvalue weighted by molar-refractivity contribution is -0.126. The Labute approximate surface area is 165 Å². The third kappa shape index (κ3) is 4.20. The molecule has 25 heavy (non-hydrogen) atoms. The summed E-state index contributed by atoms with van der Waals surface area (Å²) in [5.74, 6) is 1.32. The fraction of sp³-hybridized carbons (Fsp3) is 0.294. The Morgan fingerprint density at radius 2 is 2.12 bits per heavy atom. The zero-order valence-electron chi connectivity index (χ0n) is 13.3. The van der Waals surface area contributed by atoms with Gasteiger partial charge in [0, 0.05) is 24.1 Å². The molecule has 1 unspecified atom stereocenters. The van der Waals surface area contributed by atoms with Crippen molar-refractivity contribution in [3.8, 4) is 11.3 Å². The predicted molar refractivity (Wildman–Crippen MR) is 105 cm³/mol. The van der Waals surface area contributed by atoms with Crippen LogP contribution in [0.4, 0.5) is 0 Å². The molecule has 4 nitrogen and oxygen atoms in total. The van der Waals surface area contributed by atoms with Crippen molar-refractivity contribution in [2.45, 2.75) is 11.7 Å². The summed E-state index contributed by atoms with van der Waals surface area (Å²) < 4.78 is 11.5. The molecule has 2 aromatic rings. The molecular formula is C17H15Cl2NO3S2. The van der Waals surface area contributed by atoms with Crippen molar-refractivity contribution in [2.24, 2.45) is 0 Å². The number of carbonyl (C=O) groups excluding carboxylic acids is 1. The summed E-state index contributed by atoms with van der Waals surface area (Å²) in [7, 11) is 1.60. The number of thioether (sulfide) groups is 1. The van der Waals surface area contributed by atoms with Gasteiger partial charge in [-0.1, -0.05) is 47.2 Å². The second kappa shape index (κ2) is 8.10. The van der Waals surface area contributed by atoms with E-state index in [4.69, 9.17) is 44.6 Å². The summed E-state index contributed by atoms with van der Waals surface area (Å²) in [6.45, 7) is 0.927. The van der Waals surface area contributed by atoms with Gasteiger partial charge in [0.05, 0.1) is 23.4 Å². The van der Waals surface area contributed by atoms with Crippen molar-refractivity contribution in [3.63, 3.8) is 0 Å². The Morgan fingerprint density at radius 3 is 2.88 bits per heavy atom. The number of nitrogens with zero attached hydrogens (tertiary/aromatic N) is 1. The fourth-order valence-electron chi connectivity index (χ4n) is 2.51. The van der Waals surface area contributed by atoms with Crippen molar-refractivity contribution >= 4 is 57.4 Å². The molecule has 0 spiro atoms. The van der Waals surface area contributed by atoms with Crippen LogP contribution in [0.3, 0.4) is 0 Å². The number of hydrogen-bond donors (Lipinski definition) is 0. The lowest BCUT2D eigenvalue weighted by atomic mass is 10.2. The molecule has 0 radical (unpaired) electrons. The zero-order valence-corrected chi connectivity index (χ0v) is 16.5. The van der Waals surface area contributed by atoms with Gasteiger partial charge in [-0.2, -0.15) is 0 Å². The highest BCUT2D eigenvalue weighted by molar-refractivity contribution is 8.24. The molecule has 1 aliphatic rings. The number of hydrogen-bond acceptors (Lipinski definition) is 5. The minimum Gasteiger partial charge on any atom is -0.461 e. The standard InChI is InChI=1S/C17H15Cl2NO3S2/c1-22-7-6-20-16(21)15(25-17(20)24)9-11-3-5-14(23-11)12-8-10(18)2-4-13(12)19/h2-5,8,15H,6-7,9H2,1H3. The number of methoxy groups -OCH3 is 1. The molecule has 1 atom stereocenters. The van der Waals surface area contributed by atoms with Crippen LogP contribution < -0.4 is 0 Å². The van der Waals surface area contributed by atoms with Gasteiger partial charge in [0.2, 0.25) is 5.91 Å². The van der Waals surface area contributed by atoms with Crippen LogP contribution in [0.1, 0.15) is 5.76 Å². The molecule has 1 fully saturated rings. The second-order valence-electron chi connectivity index (χ2n) is 5.45. The molecule has 1 aliphatic heterocycles. The molecule has 3 rings (SSSR count). The molecule has 1 saturated heterocycles. The maximum absolute atomic E-state index is 12.5. The van der Waals surface area contributed by atoms with Crippen LogP contribution in [0.25, 0.3) is 11.3 Å². The summed E-state index contributed by atoms with van der Waals surface area (Å²) in [6, 6.07) is 8.88. The molecule has 0 saturated carbocycles. The van der Waals surface area contributed by atoms with Crippen LogP contribution in [0.15, 0.2) is 34.7 Å². The third-order valence-corrected chi connectivity index (χ3v) is 5.91. The number of ether oxygens (including phenoxy) is 1. The van der Waals surface area contributed by atoms with Gasteiger partial charge < -0.3 is 9.15 Å². The van der Waals surface area contributed by atoms with E-state index in [0.717, 1.165) is 5.56 Å². The Kier molecular flexibility index (Phi) is 6.07. The van der Waals surface area contributed by atoms with Crippen molar-refractivity contribution in [1.29, 1.82) is 0 Å². The summed E-state index contributed by atoms with van der Waals surface area (Å²) in [4.78, 5) is 14.1. The number of furan rings is 1. The lowest BCUT2D eigenvalue weighted by Crippen LogP contribution is -2.34. The van der Waals surface area contributed by atoms with Crippen LogP contribution >= 0.6 is 47.2 Å². The molecule has 132 valence electrons. The minimum absolute atomic E-state index is 0.00853. The zero-order chi connectivity index (χ0) is 18.0. The number of amides is 1. The Hall–Kier alpha value is -1.05. The summed E-state index contributed by atoms with van der Waals surface area (Å²) in [5, 5.41) is 0.861. The Morgan fingerprint density at radius 1 is 1.32 bits per heavy atom. The van der Waals surface area contributed by atoms with Gasteiger partial charge in [0.25, 0.3) is 0 Å². The first-order chi connectivity index (χ1) is 12.0. The first kappa shape index (κ1) is 18.7. The van der Waals surface area contributed by atoms with E-state index < -0.39 is 0 Å². The molecule has 8 heteroatoms. The van der Waals surface area contributed by atoms with Crippen LogP contribution in [0.2, 0.25) is 10.0 Å². The Balaban J connectivity index is 1.73. The predicted octanol–water partition coefficient (Wildman–Crippen LogP) is 4.67. The van der Waals surface area contributed by atoms with E-state index in [1.54, 1.807) is 30.2 Å². The SMILES string of the molecule is COCCN1C(=O)C(Cc2ccc(-c3cc(Cl)ccc3Cl)o2)SC1=S. The van der Waals surface area contributed by atoms with Crippen LogP contribution in [0.5, 0.6) is 0 Å². The van der Waals surface area contributed by atoms with E-state index >= 15 is 0 Å². The molecule has 0 aliphatic carbocycles. The van der Waals surface area contributed by atoms with Crippen molar-refractivity contribution in [2.75, 3.05) is 20.3 Å². The van der Waals surface area contributed by atoms with Gasteiger partial charge in [-0.3, -0.25) is 9.69 Å². The number of benzene rings is 1. The molecule has 1 aromatic heterocycles. The first-order valence-corrected chi connectivity index (χ1v) is 9.59. The molecule has 1 aromatic carbocycles. The molecular weight excluding hydrogens is 401 g/mol. The fourth-order valence-corrected chi connectivity index (χ4v) is 4.45. The number of carbonyl (C=O) groups is 1. The monoisotopic (exact) mass is 415 g/mol. The first-order valence-electron chi connectivity index (χ1n) is 7.54. The van der Waals surface area contributed by atoms with Crippen LogP contribution in [0, 0.1) is 0 Å². The average Bonchev–Trinajstić information content (AvgIpc) is 3.14. The second-order valence-corrected chi connectivity index (χ2v) is 8.13.